The van der Waals surface area contributed by atoms with E-state index in [1.165, 1.54) is 6.07 Å². The summed E-state index contributed by atoms with van der Waals surface area (Å²) in [6.07, 6.45) is 2.52. The predicted molar refractivity (Wildman–Crippen MR) is 234 cm³/mol. The minimum atomic E-state index is -4.63. The number of rotatable bonds is 13. The van der Waals surface area contributed by atoms with Crippen LogP contribution in [0.25, 0.3) is 5.65 Å². The average Bonchev–Trinajstić information content (AvgIpc) is 3.82. The van der Waals surface area contributed by atoms with E-state index in [0.29, 0.717) is 79.0 Å². The Labute approximate surface area is 374 Å². The van der Waals surface area contributed by atoms with Gasteiger partial charge in [-0.05, 0) is 85.0 Å². The van der Waals surface area contributed by atoms with Gasteiger partial charge in [0.1, 0.15) is 17.3 Å². The van der Waals surface area contributed by atoms with Crippen molar-refractivity contribution in [2.24, 2.45) is 11.8 Å². The van der Waals surface area contributed by atoms with Crippen LogP contribution in [0, 0.1) is 30.6 Å². The normalized spacial score (nSPS) is 17.9. The summed E-state index contributed by atoms with van der Waals surface area (Å²) < 4.78 is 44.9. The van der Waals surface area contributed by atoms with Crippen LogP contribution in [0.5, 0.6) is 0 Å². The molecule has 0 radical (unpaired) electrons. The molecule has 3 aromatic carbocycles. The Morgan fingerprint density at radius 3 is 2.43 bits per heavy atom. The number of aromatic nitrogens is 3. The zero-order valence-electron chi connectivity index (χ0n) is 36.1. The molecule has 1 saturated heterocycles. The van der Waals surface area contributed by atoms with Crippen molar-refractivity contribution >= 4 is 40.5 Å². The summed E-state index contributed by atoms with van der Waals surface area (Å²) in [5, 5.41) is 4.26. The Balaban J connectivity index is 0.791. The summed E-state index contributed by atoms with van der Waals surface area (Å²) in [6, 6.07) is 18.0. The Bertz CT molecular complexity index is 2780. The number of piperazine rings is 1. The molecular formula is C51H48F3N5O6. The van der Waals surface area contributed by atoms with E-state index in [1.807, 2.05) is 24.0 Å². The first-order chi connectivity index (χ1) is 31.2. The van der Waals surface area contributed by atoms with Gasteiger partial charge in [-0.1, -0.05) is 61.2 Å². The smallest absolute Gasteiger partial charge is 0.340 e. The number of carbonyl (C=O) groups is 6. The fourth-order valence-corrected chi connectivity index (χ4v) is 9.25. The third-order valence-corrected chi connectivity index (χ3v) is 12.9. The van der Waals surface area contributed by atoms with Gasteiger partial charge in [0.25, 0.3) is 0 Å². The number of alkyl halides is 3. The maximum Gasteiger partial charge on any atom is 0.416 e. The van der Waals surface area contributed by atoms with Crippen LogP contribution in [0.4, 0.5) is 13.2 Å². The lowest BCUT2D eigenvalue weighted by Crippen LogP contribution is -2.48. The molecule has 8 rings (SSSR count). The van der Waals surface area contributed by atoms with Gasteiger partial charge in [-0.25, -0.2) is 9.50 Å². The van der Waals surface area contributed by atoms with Gasteiger partial charge in [0, 0.05) is 86.4 Å². The lowest BCUT2D eigenvalue weighted by atomic mass is 9.76. The Morgan fingerprint density at radius 2 is 1.65 bits per heavy atom. The molecule has 1 amide bonds. The van der Waals surface area contributed by atoms with E-state index in [-0.39, 0.29) is 78.2 Å². The summed E-state index contributed by atoms with van der Waals surface area (Å²) in [5.41, 5.74) is 4.12. The molecule has 2 aliphatic carbocycles. The molecule has 0 spiro atoms. The second kappa shape index (κ2) is 19.3. The van der Waals surface area contributed by atoms with Crippen LogP contribution in [0.1, 0.15) is 122 Å². The van der Waals surface area contributed by atoms with E-state index < -0.39 is 23.6 Å². The first-order valence-corrected chi connectivity index (χ1v) is 22.1. The highest BCUT2D eigenvalue weighted by atomic mass is 19.4. The maximum atomic E-state index is 14.4. The predicted octanol–water partition coefficient (Wildman–Crippen LogP) is 7.65. The second-order valence-corrected chi connectivity index (χ2v) is 17.2. The van der Waals surface area contributed by atoms with Crippen molar-refractivity contribution in [3.8, 4) is 11.8 Å². The Morgan fingerprint density at radius 1 is 0.846 bits per heavy atom. The molecule has 65 heavy (non-hydrogen) atoms. The summed E-state index contributed by atoms with van der Waals surface area (Å²) in [6.45, 7) is 3.57. The van der Waals surface area contributed by atoms with Crippen molar-refractivity contribution in [3.05, 3.63) is 135 Å². The first kappa shape index (κ1) is 45.0. The van der Waals surface area contributed by atoms with Crippen molar-refractivity contribution in [3.63, 3.8) is 0 Å². The molecular weight excluding hydrogens is 836 g/mol. The number of ketones is 5. The molecule has 5 aromatic rings. The van der Waals surface area contributed by atoms with Crippen LogP contribution in [0.15, 0.2) is 79.1 Å². The van der Waals surface area contributed by atoms with E-state index in [0.717, 1.165) is 36.5 Å². The number of hydrogen-bond acceptors (Lipinski definition) is 9. The number of Topliss-reactive ketones (excluding diaryl/α,β-unsaturated/α-hetero) is 5. The lowest BCUT2D eigenvalue weighted by molar-refractivity contribution is -0.138. The third-order valence-electron chi connectivity index (χ3n) is 12.9. The second-order valence-electron chi connectivity index (χ2n) is 17.2. The van der Waals surface area contributed by atoms with E-state index in [1.54, 1.807) is 64.3 Å². The van der Waals surface area contributed by atoms with Crippen LogP contribution < -0.4 is 0 Å². The number of imidazole rings is 1. The molecule has 0 bridgehead atoms. The van der Waals surface area contributed by atoms with Crippen LogP contribution in [-0.4, -0.2) is 85.4 Å². The molecule has 2 fully saturated rings. The molecule has 2 unspecified atom stereocenters. The van der Waals surface area contributed by atoms with Crippen LogP contribution in [-0.2, 0) is 39.9 Å². The van der Waals surface area contributed by atoms with E-state index >= 15 is 0 Å². The summed E-state index contributed by atoms with van der Waals surface area (Å²) >= 11 is 0. The molecule has 3 heterocycles. The highest BCUT2D eigenvalue weighted by molar-refractivity contribution is 6.28. The summed E-state index contributed by atoms with van der Waals surface area (Å²) in [5.74, 6) is 2.87. The number of nitrogens with zero attached hydrogens (tertiary/aromatic N) is 5. The summed E-state index contributed by atoms with van der Waals surface area (Å²) in [4.78, 5) is 85.5. The fraction of sp³-hybridized carbons (Fsp3) is 0.373. The molecule has 0 N–H and O–H groups in total. The zero-order chi connectivity index (χ0) is 45.8. The zero-order valence-corrected chi connectivity index (χ0v) is 36.1. The molecule has 1 aliphatic heterocycles. The number of benzene rings is 3. The van der Waals surface area contributed by atoms with Gasteiger partial charge >= 0.3 is 6.18 Å². The van der Waals surface area contributed by atoms with Crippen molar-refractivity contribution in [2.75, 3.05) is 26.2 Å². The number of halogens is 3. The van der Waals surface area contributed by atoms with E-state index in [2.05, 4.69) is 21.9 Å². The standard InChI is InChI=1S/C51H48F3N5O6/c1-32-13-15-36(28-35(32)17-18-38-30-55-45-11-7-21-56-59(38)45)43(61)27-33-14-16-37(42(26-33)51(52,53)54)31-57-22-24-58(25-23-57)46(63)12-5-3-2-4-8-34-9-6-10-41-47(34)50(65)48(49(41)64)40-20-19-39(60)29-44(40)62/h6-7,9-11,13-16,21,26,28,30,40,48H,2-5,8,12,19-20,22-25,27,29,31H2,1H3. The van der Waals surface area contributed by atoms with Gasteiger partial charge in [-0.3, -0.25) is 33.7 Å². The number of hydrogen-bond donors (Lipinski definition) is 0. The molecule has 11 nitrogen and oxygen atoms in total. The topological polar surface area (TPSA) is 139 Å². The minimum Gasteiger partial charge on any atom is -0.340 e. The van der Waals surface area contributed by atoms with Gasteiger partial charge in [-0.15, -0.1) is 0 Å². The number of fused-ring (bicyclic) bond motifs is 2. The number of amides is 1. The van der Waals surface area contributed by atoms with Gasteiger partial charge in [0.2, 0.25) is 5.91 Å². The molecule has 14 heteroatoms. The molecule has 2 atom stereocenters. The van der Waals surface area contributed by atoms with Crippen molar-refractivity contribution in [2.45, 2.75) is 83.9 Å². The van der Waals surface area contributed by atoms with Crippen LogP contribution in [0.2, 0.25) is 0 Å². The number of aryl methyl sites for hydroxylation is 2. The minimum absolute atomic E-state index is 0.00150. The largest absolute Gasteiger partial charge is 0.416 e. The molecule has 3 aliphatic rings. The van der Waals surface area contributed by atoms with Crippen LogP contribution >= 0.6 is 0 Å². The van der Waals surface area contributed by atoms with Gasteiger partial charge in [0.15, 0.2) is 23.0 Å². The number of unbranched alkanes of at least 4 members (excludes halogenated alkanes) is 3. The fourth-order valence-electron chi connectivity index (χ4n) is 9.25. The lowest BCUT2D eigenvalue weighted by Gasteiger charge is -2.35. The van der Waals surface area contributed by atoms with E-state index in [9.17, 15) is 41.9 Å². The van der Waals surface area contributed by atoms with Crippen LogP contribution in [0.3, 0.4) is 0 Å². The molecule has 2 aromatic heterocycles. The number of carbonyl (C=O) groups excluding carboxylic acids is 6. The molecule has 334 valence electrons. The van der Waals surface area contributed by atoms with Gasteiger partial charge in [0.05, 0.1) is 24.1 Å². The Hall–Kier alpha value is -6.59. The van der Waals surface area contributed by atoms with Gasteiger partial charge < -0.3 is 4.90 Å². The quantitative estimate of drug-likeness (QED) is 0.0505. The first-order valence-electron chi connectivity index (χ1n) is 22.1. The average molecular weight is 884 g/mol. The van der Waals surface area contributed by atoms with Crippen molar-refractivity contribution in [1.29, 1.82) is 0 Å². The van der Waals surface area contributed by atoms with E-state index in [4.69, 9.17) is 0 Å². The summed E-state index contributed by atoms with van der Waals surface area (Å²) in [7, 11) is 0. The van der Waals surface area contributed by atoms with Gasteiger partial charge in [-0.2, -0.15) is 18.3 Å². The maximum absolute atomic E-state index is 14.4. The highest BCUT2D eigenvalue weighted by Crippen LogP contribution is 2.39. The van der Waals surface area contributed by atoms with Crippen molar-refractivity contribution in [1.82, 2.24) is 24.4 Å². The Kier molecular flexibility index (Phi) is 13.3. The van der Waals surface area contributed by atoms with Crippen molar-refractivity contribution < 1.29 is 41.9 Å². The molecule has 1 saturated carbocycles. The SMILES string of the molecule is Cc1ccc(C(=O)Cc2ccc(CN3CCN(C(=O)CCCCCCc4cccc5c4C(=O)C(C4CCC(=O)CC4=O)C5=O)CC3)c(C(F)(F)F)c2)cc1C#Cc1cnc2cccnn12. The monoisotopic (exact) mass is 883 g/mol. The third kappa shape index (κ3) is 10.1. The highest BCUT2D eigenvalue weighted by Gasteiger charge is 2.48.